The fourth-order valence-corrected chi connectivity index (χ4v) is 3.60. The van der Waals surface area contributed by atoms with Crippen molar-refractivity contribution in [2.24, 2.45) is 0 Å². The van der Waals surface area contributed by atoms with Crippen molar-refractivity contribution < 1.29 is 9.59 Å². The third-order valence-electron chi connectivity index (χ3n) is 5.04. The van der Waals surface area contributed by atoms with Gasteiger partial charge < -0.3 is 10.6 Å². The average Bonchev–Trinajstić information content (AvgIpc) is 3.19. The first-order valence-corrected chi connectivity index (χ1v) is 9.81. The molecule has 27 heavy (non-hydrogen) atoms. The second kappa shape index (κ2) is 9.35. The topological polar surface area (TPSA) is 76.0 Å². The maximum atomic E-state index is 12.3. The zero-order valence-corrected chi connectivity index (χ0v) is 15.9. The highest BCUT2D eigenvalue weighted by atomic mass is 16.2. The minimum Gasteiger partial charge on any atom is -0.353 e. The number of carbonyl (C=O) groups is 2. The van der Waals surface area contributed by atoms with Gasteiger partial charge in [0, 0.05) is 30.5 Å². The third kappa shape index (κ3) is 5.67. The summed E-state index contributed by atoms with van der Waals surface area (Å²) in [5, 5.41) is 10.3. The van der Waals surface area contributed by atoms with Gasteiger partial charge in [-0.15, -0.1) is 0 Å². The largest absolute Gasteiger partial charge is 0.353 e. The lowest BCUT2D eigenvalue weighted by atomic mass is 9.91. The van der Waals surface area contributed by atoms with Crippen molar-refractivity contribution in [3.63, 3.8) is 0 Å². The van der Waals surface area contributed by atoms with Gasteiger partial charge in [-0.25, -0.2) is 0 Å². The predicted octanol–water partition coefficient (Wildman–Crippen LogP) is 3.46. The first-order chi connectivity index (χ1) is 13.1. The Kier molecular flexibility index (Phi) is 6.63. The Bertz CT molecular complexity index is 732. The van der Waals surface area contributed by atoms with Crippen LogP contribution in [-0.2, 0) is 16.0 Å². The van der Waals surface area contributed by atoms with E-state index in [9.17, 15) is 9.59 Å². The molecule has 1 aliphatic carbocycles. The number of hydrogen-bond donors (Lipinski definition) is 2. The normalized spacial score (nSPS) is 19.4. The van der Waals surface area contributed by atoms with Gasteiger partial charge in [-0.2, -0.15) is 5.10 Å². The Morgan fingerprint density at radius 1 is 1.11 bits per heavy atom. The Labute approximate surface area is 160 Å². The summed E-state index contributed by atoms with van der Waals surface area (Å²) in [4.78, 5) is 24.0. The van der Waals surface area contributed by atoms with Gasteiger partial charge in [-0.1, -0.05) is 19.1 Å². The van der Waals surface area contributed by atoms with E-state index in [1.54, 1.807) is 0 Å². The number of anilines is 1. The van der Waals surface area contributed by atoms with Crippen LogP contribution in [0.5, 0.6) is 0 Å². The summed E-state index contributed by atoms with van der Waals surface area (Å²) in [5.74, 6) is 0.0778. The van der Waals surface area contributed by atoms with Gasteiger partial charge in [0.05, 0.1) is 12.5 Å². The molecule has 144 valence electrons. The van der Waals surface area contributed by atoms with E-state index in [2.05, 4.69) is 15.7 Å². The molecule has 2 N–H and O–H groups in total. The third-order valence-corrected chi connectivity index (χ3v) is 5.04. The molecule has 0 saturated heterocycles. The fourth-order valence-electron chi connectivity index (χ4n) is 3.60. The van der Waals surface area contributed by atoms with E-state index in [1.165, 1.54) is 0 Å². The van der Waals surface area contributed by atoms with Crippen LogP contribution in [0.2, 0.25) is 0 Å². The van der Waals surface area contributed by atoms with Crippen LogP contribution in [0.4, 0.5) is 5.69 Å². The number of benzene rings is 1. The molecular formula is C21H28N4O2. The van der Waals surface area contributed by atoms with E-state index >= 15 is 0 Å². The molecule has 3 rings (SSSR count). The zero-order valence-electron chi connectivity index (χ0n) is 15.9. The van der Waals surface area contributed by atoms with Gasteiger partial charge in [-0.3, -0.25) is 14.3 Å². The summed E-state index contributed by atoms with van der Waals surface area (Å²) in [5.41, 5.74) is 1.72. The van der Waals surface area contributed by atoms with E-state index in [4.69, 9.17) is 0 Å². The Morgan fingerprint density at radius 3 is 2.48 bits per heavy atom. The van der Waals surface area contributed by atoms with Gasteiger partial charge in [0.15, 0.2) is 0 Å². The van der Waals surface area contributed by atoms with E-state index in [0.717, 1.165) is 43.4 Å². The van der Waals surface area contributed by atoms with Crippen LogP contribution in [0.15, 0.2) is 42.7 Å². The lowest BCUT2D eigenvalue weighted by Crippen LogP contribution is -2.38. The molecule has 1 fully saturated rings. The molecule has 0 unspecified atom stereocenters. The van der Waals surface area contributed by atoms with Crippen molar-refractivity contribution in [2.45, 2.75) is 64.0 Å². The summed E-state index contributed by atoms with van der Waals surface area (Å²) in [6.45, 7) is 1.98. The maximum Gasteiger partial charge on any atom is 0.224 e. The van der Waals surface area contributed by atoms with Crippen molar-refractivity contribution in [3.05, 3.63) is 48.3 Å². The second-order valence-electron chi connectivity index (χ2n) is 7.23. The highest BCUT2D eigenvalue weighted by Gasteiger charge is 2.23. The highest BCUT2D eigenvalue weighted by molar-refractivity contribution is 5.90. The van der Waals surface area contributed by atoms with Gasteiger partial charge in [0.1, 0.15) is 0 Å². The molecule has 0 aliphatic heterocycles. The Hall–Kier alpha value is -2.63. The van der Waals surface area contributed by atoms with Crippen LogP contribution in [0.3, 0.4) is 0 Å². The van der Waals surface area contributed by atoms with Crippen molar-refractivity contribution in [1.82, 2.24) is 15.1 Å². The number of hydrogen-bond acceptors (Lipinski definition) is 3. The van der Waals surface area contributed by atoms with Crippen LogP contribution in [0.25, 0.3) is 0 Å². The van der Waals surface area contributed by atoms with Gasteiger partial charge in [-0.05, 0) is 55.9 Å². The fraction of sp³-hybridized carbons (Fsp3) is 0.476. The number of aromatic nitrogens is 2. The predicted molar refractivity (Wildman–Crippen MR) is 105 cm³/mol. The Morgan fingerprint density at radius 2 is 1.85 bits per heavy atom. The van der Waals surface area contributed by atoms with Crippen molar-refractivity contribution >= 4 is 17.5 Å². The number of amides is 2. The summed E-state index contributed by atoms with van der Waals surface area (Å²) in [7, 11) is 0. The summed E-state index contributed by atoms with van der Waals surface area (Å²) < 4.78 is 2.03. The van der Waals surface area contributed by atoms with E-state index in [0.29, 0.717) is 18.9 Å². The SMILES string of the molecule is CCCC(=O)Nc1ccc(CC(=O)NC2CCC(n3cccn3)CC2)cc1. The molecule has 2 aromatic rings. The summed E-state index contributed by atoms with van der Waals surface area (Å²) in [6.07, 6.45) is 9.59. The van der Waals surface area contributed by atoms with E-state index in [1.807, 2.05) is 54.3 Å². The monoisotopic (exact) mass is 368 g/mol. The molecule has 0 atom stereocenters. The second-order valence-corrected chi connectivity index (χ2v) is 7.23. The molecule has 1 saturated carbocycles. The number of nitrogens with one attached hydrogen (secondary N) is 2. The molecular weight excluding hydrogens is 340 g/mol. The molecule has 0 radical (unpaired) electrons. The van der Waals surface area contributed by atoms with Crippen molar-refractivity contribution in [3.8, 4) is 0 Å². The molecule has 2 amide bonds. The van der Waals surface area contributed by atoms with E-state index < -0.39 is 0 Å². The number of carbonyl (C=O) groups excluding carboxylic acids is 2. The average molecular weight is 368 g/mol. The number of rotatable bonds is 7. The van der Waals surface area contributed by atoms with Crippen LogP contribution in [0.1, 0.15) is 57.1 Å². The molecule has 0 bridgehead atoms. The summed E-state index contributed by atoms with van der Waals surface area (Å²) >= 11 is 0. The number of nitrogens with zero attached hydrogens (tertiary/aromatic N) is 2. The molecule has 1 aromatic heterocycles. The van der Waals surface area contributed by atoms with Crippen LogP contribution in [0, 0.1) is 0 Å². The minimum atomic E-state index is 0.0220. The molecule has 6 heteroatoms. The van der Waals surface area contributed by atoms with Crippen LogP contribution >= 0.6 is 0 Å². The standard InChI is InChI=1S/C21H28N4O2/c1-2-4-20(26)23-17-7-5-16(6-8-17)15-21(27)24-18-9-11-19(12-10-18)25-14-3-13-22-25/h3,5-8,13-14,18-19H,2,4,9-12,15H2,1H3,(H,23,26)(H,24,27). The minimum absolute atomic E-state index is 0.0220. The lowest BCUT2D eigenvalue weighted by molar-refractivity contribution is -0.121. The molecule has 1 aromatic carbocycles. The molecule has 1 heterocycles. The molecule has 0 spiro atoms. The van der Waals surface area contributed by atoms with Gasteiger partial charge in [0.2, 0.25) is 11.8 Å². The molecule has 6 nitrogen and oxygen atoms in total. The molecule has 1 aliphatic rings. The van der Waals surface area contributed by atoms with Crippen molar-refractivity contribution in [1.29, 1.82) is 0 Å². The lowest BCUT2D eigenvalue weighted by Gasteiger charge is -2.29. The van der Waals surface area contributed by atoms with Gasteiger partial charge >= 0.3 is 0 Å². The first-order valence-electron chi connectivity index (χ1n) is 9.81. The van der Waals surface area contributed by atoms with E-state index in [-0.39, 0.29) is 17.9 Å². The van der Waals surface area contributed by atoms with Crippen molar-refractivity contribution in [2.75, 3.05) is 5.32 Å². The zero-order chi connectivity index (χ0) is 19.1. The summed E-state index contributed by atoms with van der Waals surface area (Å²) in [6, 6.07) is 10.2. The van der Waals surface area contributed by atoms with Crippen LogP contribution < -0.4 is 10.6 Å². The smallest absolute Gasteiger partial charge is 0.224 e. The van der Waals surface area contributed by atoms with Crippen LogP contribution in [-0.4, -0.2) is 27.6 Å². The van der Waals surface area contributed by atoms with Gasteiger partial charge in [0.25, 0.3) is 0 Å². The maximum absolute atomic E-state index is 12.3. The quantitative estimate of drug-likeness (QED) is 0.786. The first kappa shape index (κ1) is 19.1. The highest BCUT2D eigenvalue weighted by Crippen LogP contribution is 2.27. The Balaban J connectivity index is 1.42.